The summed E-state index contributed by atoms with van der Waals surface area (Å²) >= 11 is 0. The van der Waals surface area contributed by atoms with Gasteiger partial charge in [0.2, 0.25) is 0 Å². The molecule has 1 aliphatic carbocycles. The molecule has 1 saturated carbocycles. The average molecular weight is 213 g/mol. The molecule has 0 aromatic rings. The molecule has 1 rings (SSSR count). The van der Waals surface area contributed by atoms with Gasteiger partial charge >= 0.3 is 0 Å². The van der Waals surface area contributed by atoms with Crippen molar-refractivity contribution in [3.05, 3.63) is 0 Å². The highest BCUT2D eigenvalue weighted by Crippen LogP contribution is 2.29. The first-order valence-corrected chi connectivity index (χ1v) is 6.56. The fraction of sp³-hybridized carbons (Fsp3) is 1.00. The fourth-order valence-electron chi connectivity index (χ4n) is 2.84. The molecule has 0 radical (unpaired) electrons. The molecule has 90 valence electrons. The highest BCUT2D eigenvalue weighted by Gasteiger charge is 2.28. The molecule has 0 spiro atoms. The van der Waals surface area contributed by atoms with Crippen LogP contribution in [0.5, 0.6) is 0 Å². The predicted octanol–water partition coefficient (Wildman–Crippen LogP) is 2.56. The SMILES string of the molecule is CCC(CCO)NC1C(C)CCCC1C. The van der Waals surface area contributed by atoms with E-state index in [2.05, 4.69) is 26.1 Å². The van der Waals surface area contributed by atoms with Crippen LogP contribution >= 0.6 is 0 Å². The lowest BCUT2D eigenvalue weighted by Crippen LogP contribution is -2.47. The molecule has 1 aliphatic rings. The van der Waals surface area contributed by atoms with Gasteiger partial charge < -0.3 is 10.4 Å². The lowest BCUT2D eigenvalue weighted by atomic mass is 9.78. The minimum absolute atomic E-state index is 0.307. The minimum Gasteiger partial charge on any atom is -0.396 e. The van der Waals surface area contributed by atoms with Gasteiger partial charge in [0.05, 0.1) is 0 Å². The van der Waals surface area contributed by atoms with Crippen LogP contribution in [-0.2, 0) is 0 Å². The van der Waals surface area contributed by atoms with Crippen molar-refractivity contribution < 1.29 is 5.11 Å². The molecular formula is C13H27NO. The van der Waals surface area contributed by atoms with Gasteiger partial charge in [0, 0.05) is 18.7 Å². The van der Waals surface area contributed by atoms with Crippen LogP contribution in [0.15, 0.2) is 0 Å². The summed E-state index contributed by atoms with van der Waals surface area (Å²) in [6, 6.07) is 1.17. The van der Waals surface area contributed by atoms with Crippen LogP contribution in [0.25, 0.3) is 0 Å². The summed E-state index contributed by atoms with van der Waals surface area (Å²) in [5.74, 6) is 1.59. The monoisotopic (exact) mass is 213 g/mol. The zero-order valence-corrected chi connectivity index (χ0v) is 10.5. The molecule has 0 saturated heterocycles. The van der Waals surface area contributed by atoms with Crippen molar-refractivity contribution in [3.63, 3.8) is 0 Å². The van der Waals surface area contributed by atoms with Gasteiger partial charge in [0.25, 0.3) is 0 Å². The van der Waals surface area contributed by atoms with E-state index in [-0.39, 0.29) is 0 Å². The maximum Gasteiger partial charge on any atom is 0.0445 e. The zero-order valence-electron chi connectivity index (χ0n) is 10.5. The summed E-state index contributed by atoms with van der Waals surface area (Å²) in [6.45, 7) is 7.23. The van der Waals surface area contributed by atoms with E-state index in [0.29, 0.717) is 18.7 Å². The number of hydrogen-bond donors (Lipinski definition) is 2. The maximum atomic E-state index is 8.99. The first kappa shape index (κ1) is 13.0. The van der Waals surface area contributed by atoms with Crippen molar-refractivity contribution >= 4 is 0 Å². The van der Waals surface area contributed by atoms with Crippen LogP contribution in [-0.4, -0.2) is 23.8 Å². The van der Waals surface area contributed by atoms with Gasteiger partial charge in [-0.1, -0.05) is 27.2 Å². The number of nitrogens with one attached hydrogen (secondary N) is 1. The molecule has 2 heteroatoms. The molecule has 0 aromatic carbocycles. The van der Waals surface area contributed by atoms with Crippen molar-refractivity contribution in [2.24, 2.45) is 11.8 Å². The van der Waals surface area contributed by atoms with Gasteiger partial charge in [-0.2, -0.15) is 0 Å². The molecule has 0 bridgehead atoms. The van der Waals surface area contributed by atoms with Crippen LogP contribution in [0.2, 0.25) is 0 Å². The van der Waals surface area contributed by atoms with E-state index < -0.39 is 0 Å². The average Bonchev–Trinajstić information content (AvgIpc) is 2.22. The Morgan fingerprint density at radius 3 is 2.33 bits per heavy atom. The number of aliphatic hydroxyl groups excluding tert-OH is 1. The largest absolute Gasteiger partial charge is 0.396 e. The molecule has 15 heavy (non-hydrogen) atoms. The normalized spacial score (nSPS) is 34.0. The smallest absolute Gasteiger partial charge is 0.0445 e. The summed E-state index contributed by atoms with van der Waals surface area (Å²) in [5.41, 5.74) is 0. The highest BCUT2D eigenvalue weighted by atomic mass is 16.3. The first-order chi connectivity index (χ1) is 7.19. The van der Waals surface area contributed by atoms with Crippen molar-refractivity contribution in [2.45, 2.75) is 65.0 Å². The molecule has 0 aliphatic heterocycles. The van der Waals surface area contributed by atoms with Crippen molar-refractivity contribution in [1.29, 1.82) is 0 Å². The maximum absolute atomic E-state index is 8.99. The quantitative estimate of drug-likeness (QED) is 0.735. The third-order valence-electron chi connectivity index (χ3n) is 3.94. The predicted molar refractivity (Wildman–Crippen MR) is 64.9 cm³/mol. The van der Waals surface area contributed by atoms with Gasteiger partial charge in [0.1, 0.15) is 0 Å². The summed E-state index contributed by atoms with van der Waals surface area (Å²) in [4.78, 5) is 0. The molecule has 0 heterocycles. The van der Waals surface area contributed by atoms with Gasteiger partial charge in [-0.05, 0) is 37.5 Å². The molecule has 0 aromatic heterocycles. The summed E-state index contributed by atoms with van der Waals surface area (Å²) in [6.07, 6.45) is 6.12. The topological polar surface area (TPSA) is 32.3 Å². The third kappa shape index (κ3) is 3.76. The van der Waals surface area contributed by atoms with Crippen molar-refractivity contribution in [2.75, 3.05) is 6.61 Å². The van der Waals surface area contributed by atoms with Gasteiger partial charge in [-0.25, -0.2) is 0 Å². The second kappa shape index (κ2) is 6.49. The van der Waals surface area contributed by atoms with Crippen molar-refractivity contribution in [1.82, 2.24) is 5.32 Å². The Morgan fingerprint density at radius 2 is 1.87 bits per heavy atom. The Hall–Kier alpha value is -0.0800. The van der Waals surface area contributed by atoms with Crippen LogP contribution in [0.1, 0.15) is 52.9 Å². The van der Waals surface area contributed by atoms with Crippen LogP contribution in [0.4, 0.5) is 0 Å². The van der Waals surface area contributed by atoms with E-state index in [9.17, 15) is 0 Å². The Morgan fingerprint density at radius 1 is 1.27 bits per heavy atom. The Kier molecular flexibility index (Phi) is 5.62. The second-order valence-corrected chi connectivity index (χ2v) is 5.20. The fourth-order valence-corrected chi connectivity index (χ4v) is 2.84. The Balaban J connectivity index is 2.45. The van der Waals surface area contributed by atoms with Gasteiger partial charge in [-0.3, -0.25) is 0 Å². The van der Waals surface area contributed by atoms with Crippen LogP contribution in [0, 0.1) is 11.8 Å². The Bertz CT molecular complexity index is 162. The number of hydrogen-bond acceptors (Lipinski definition) is 2. The lowest BCUT2D eigenvalue weighted by Gasteiger charge is -2.37. The molecule has 2 N–H and O–H groups in total. The van der Waals surface area contributed by atoms with E-state index in [1.54, 1.807) is 0 Å². The molecular weight excluding hydrogens is 186 g/mol. The molecule has 3 unspecified atom stereocenters. The number of aliphatic hydroxyl groups is 1. The molecule has 2 nitrogen and oxygen atoms in total. The summed E-state index contributed by atoms with van der Waals surface area (Å²) < 4.78 is 0. The van der Waals surface area contributed by atoms with E-state index >= 15 is 0 Å². The van der Waals surface area contributed by atoms with E-state index in [1.807, 2.05) is 0 Å². The molecule has 1 fully saturated rings. The van der Waals surface area contributed by atoms with Crippen LogP contribution < -0.4 is 5.32 Å². The van der Waals surface area contributed by atoms with E-state index in [0.717, 1.165) is 24.7 Å². The third-order valence-corrected chi connectivity index (χ3v) is 3.94. The summed E-state index contributed by atoms with van der Waals surface area (Å²) in [5, 5.41) is 12.7. The second-order valence-electron chi connectivity index (χ2n) is 5.20. The number of rotatable bonds is 5. The standard InChI is InChI=1S/C13H27NO/c1-4-12(8-9-15)14-13-10(2)6-5-7-11(13)3/h10-15H,4-9H2,1-3H3. The van der Waals surface area contributed by atoms with Crippen LogP contribution in [0.3, 0.4) is 0 Å². The Labute approximate surface area is 94.5 Å². The van der Waals surface area contributed by atoms with Gasteiger partial charge in [-0.15, -0.1) is 0 Å². The lowest BCUT2D eigenvalue weighted by molar-refractivity contribution is 0.176. The first-order valence-electron chi connectivity index (χ1n) is 6.56. The van der Waals surface area contributed by atoms with Crippen molar-refractivity contribution in [3.8, 4) is 0 Å². The summed E-state index contributed by atoms with van der Waals surface area (Å²) in [7, 11) is 0. The van der Waals surface area contributed by atoms with E-state index in [1.165, 1.54) is 19.3 Å². The highest BCUT2D eigenvalue weighted by molar-refractivity contribution is 4.85. The molecule has 0 amide bonds. The minimum atomic E-state index is 0.307. The van der Waals surface area contributed by atoms with E-state index in [4.69, 9.17) is 5.11 Å². The van der Waals surface area contributed by atoms with Gasteiger partial charge in [0.15, 0.2) is 0 Å². The molecule has 3 atom stereocenters. The zero-order chi connectivity index (χ0) is 11.3.